The van der Waals surface area contributed by atoms with Gasteiger partial charge in [0.2, 0.25) is 11.8 Å². The molecular weight excluding hydrogens is 264 g/mol. The smallest absolute Gasteiger partial charge is 0.246 e. The van der Waals surface area contributed by atoms with Crippen molar-refractivity contribution in [3.05, 3.63) is 0 Å². The SMILES string of the molecule is CC1CCCC(N2C(=O)C(C(C)(C)C)NC(=O)C2C)C1C. The molecule has 4 heteroatoms. The van der Waals surface area contributed by atoms with Crippen molar-refractivity contribution >= 4 is 11.8 Å². The first-order chi connectivity index (χ1) is 9.64. The molecule has 0 aromatic heterocycles. The standard InChI is InChI=1S/C17H30N2O2/c1-10-8-7-9-13(11(10)2)19-12(3)15(20)18-14(16(19)21)17(4,5)6/h10-14H,7-9H2,1-6H3,(H,18,20). The second-order valence-electron chi connectivity index (χ2n) is 8.06. The number of nitrogens with one attached hydrogen (secondary N) is 1. The molecule has 0 radical (unpaired) electrons. The van der Waals surface area contributed by atoms with Gasteiger partial charge >= 0.3 is 0 Å². The highest BCUT2D eigenvalue weighted by molar-refractivity contribution is 5.97. The Morgan fingerprint density at radius 1 is 1.10 bits per heavy atom. The molecule has 5 atom stereocenters. The number of piperazine rings is 1. The lowest BCUT2D eigenvalue weighted by molar-refractivity contribution is -0.157. The second kappa shape index (κ2) is 5.62. The van der Waals surface area contributed by atoms with Gasteiger partial charge in [-0.2, -0.15) is 0 Å². The summed E-state index contributed by atoms with van der Waals surface area (Å²) in [6.45, 7) is 12.4. The Labute approximate surface area is 128 Å². The topological polar surface area (TPSA) is 49.4 Å². The molecule has 1 aliphatic heterocycles. The van der Waals surface area contributed by atoms with Crippen LogP contribution in [-0.4, -0.2) is 34.8 Å². The summed E-state index contributed by atoms with van der Waals surface area (Å²) in [4.78, 5) is 27.2. The van der Waals surface area contributed by atoms with Gasteiger partial charge in [0.15, 0.2) is 0 Å². The number of hydrogen-bond acceptors (Lipinski definition) is 2. The summed E-state index contributed by atoms with van der Waals surface area (Å²) in [5.74, 6) is 1.15. The molecule has 1 N–H and O–H groups in total. The van der Waals surface area contributed by atoms with Crippen LogP contribution in [-0.2, 0) is 9.59 Å². The van der Waals surface area contributed by atoms with Crippen LogP contribution in [0.1, 0.15) is 60.8 Å². The van der Waals surface area contributed by atoms with E-state index in [4.69, 9.17) is 0 Å². The van der Waals surface area contributed by atoms with Gasteiger partial charge in [-0.05, 0) is 30.6 Å². The highest BCUT2D eigenvalue weighted by atomic mass is 16.2. The van der Waals surface area contributed by atoms with Crippen molar-refractivity contribution in [2.75, 3.05) is 0 Å². The maximum absolute atomic E-state index is 13.0. The zero-order valence-corrected chi connectivity index (χ0v) is 14.3. The lowest BCUT2D eigenvalue weighted by Gasteiger charge is -2.49. The van der Waals surface area contributed by atoms with Crippen LogP contribution in [0.15, 0.2) is 0 Å². The molecule has 0 spiro atoms. The Morgan fingerprint density at radius 3 is 2.29 bits per heavy atom. The summed E-state index contributed by atoms with van der Waals surface area (Å²) in [7, 11) is 0. The van der Waals surface area contributed by atoms with E-state index in [-0.39, 0.29) is 29.3 Å². The number of nitrogens with zero attached hydrogens (tertiary/aromatic N) is 1. The quantitative estimate of drug-likeness (QED) is 0.808. The lowest BCUT2D eigenvalue weighted by atomic mass is 9.75. The molecule has 1 saturated heterocycles. The fourth-order valence-electron chi connectivity index (χ4n) is 3.77. The fraction of sp³-hybridized carbons (Fsp3) is 0.882. The molecule has 1 heterocycles. The van der Waals surface area contributed by atoms with Crippen LogP contribution in [0.4, 0.5) is 0 Å². The van der Waals surface area contributed by atoms with Gasteiger partial charge in [-0.3, -0.25) is 9.59 Å². The third kappa shape index (κ3) is 2.95. The van der Waals surface area contributed by atoms with Gasteiger partial charge in [0, 0.05) is 6.04 Å². The van der Waals surface area contributed by atoms with Gasteiger partial charge in [0.1, 0.15) is 12.1 Å². The Balaban J connectivity index is 2.30. The van der Waals surface area contributed by atoms with E-state index in [1.165, 1.54) is 6.42 Å². The van der Waals surface area contributed by atoms with Gasteiger partial charge in [-0.1, -0.05) is 47.5 Å². The molecule has 21 heavy (non-hydrogen) atoms. The van der Waals surface area contributed by atoms with Crippen molar-refractivity contribution in [2.24, 2.45) is 17.3 Å². The molecule has 2 fully saturated rings. The largest absolute Gasteiger partial charge is 0.342 e. The Hall–Kier alpha value is -1.06. The molecule has 1 saturated carbocycles. The molecule has 2 aliphatic rings. The maximum Gasteiger partial charge on any atom is 0.246 e. The molecule has 5 unspecified atom stereocenters. The molecule has 120 valence electrons. The zero-order valence-electron chi connectivity index (χ0n) is 14.3. The number of hydrogen-bond donors (Lipinski definition) is 1. The van der Waals surface area contributed by atoms with Crippen molar-refractivity contribution < 1.29 is 9.59 Å². The summed E-state index contributed by atoms with van der Waals surface area (Å²) in [6.07, 6.45) is 3.39. The van der Waals surface area contributed by atoms with Crippen LogP contribution in [0.2, 0.25) is 0 Å². The number of amides is 2. The molecule has 1 aliphatic carbocycles. The van der Waals surface area contributed by atoms with E-state index >= 15 is 0 Å². The van der Waals surface area contributed by atoms with Crippen molar-refractivity contribution in [3.8, 4) is 0 Å². The fourth-order valence-corrected chi connectivity index (χ4v) is 3.77. The minimum atomic E-state index is -0.411. The Morgan fingerprint density at radius 2 is 1.71 bits per heavy atom. The highest BCUT2D eigenvalue weighted by Gasteiger charge is 2.47. The highest BCUT2D eigenvalue weighted by Crippen LogP contribution is 2.36. The van der Waals surface area contributed by atoms with E-state index in [1.54, 1.807) is 0 Å². The van der Waals surface area contributed by atoms with Gasteiger partial charge in [-0.15, -0.1) is 0 Å². The van der Waals surface area contributed by atoms with E-state index in [0.29, 0.717) is 11.8 Å². The predicted octanol–water partition coefficient (Wildman–Crippen LogP) is 2.57. The van der Waals surface area contributed by atoms with Crippen LogP contribution in [0.5, 0.6) is 0 Å². The summed E-state index contributed by atoms with van der Waals surface area (Å²) in [6, 6.07) is -0.563. The summed E-state index contributed by atoms with van der Waals surface area (Å²) in [5.41, 5.74) is -0.255. The lowest BCUT2D eigenvalue weighted by Crippen LogP contribution is -2.69. The van der Waals surface area contributed by atoms with Gasteiger partial charge in [-0.25, -0.2) is 0 Å². The average molecular weight is 294 g/mol. The summed E-state index contributed by atoms with van der Waals surface area (Å²) >= 11 is 0. The summed E-state index contributed by atoms with van der Waals surface area (Å²) in [5, 5.41) is 2.92. The molecule has 2 amide bonds. The van der Waals surface area contributed by atoms with Crippen LogP contribution in [0.3, 0.4) is 0 Å². The summed E-state index contributed by atoms with van der Waals surface area (Å²) < 4.78 is 0. The monoisotopic (exact) mass is 294 g/mol. The zero-order chi connectivity index (χ0) is 15.9. The van der Waals surface area contributed by atoms with E-state index < -0.39 is 6.04 Å². The minimum absolute atomic E-state index is 0.0139. The number of carbonyl (C=O) groups excluding carboxylic acids is 2. The molecule has 0 aromatic carbocycles. The molecule has 0 bridgehead atoms. The second-order valence-corrected chi connectivity index (χ2v) is 8.06. The normalized spacial score (nSPS) is 38.4. The first kappa shape index (κ1) is 16.3. The van der Waals surface area contributed by atoms with Crippen molar-refractivity contribution in [3.63, 3.8) is 0 Å². The third-order valence-electron chi connectivity index (χ3n) is 5.47. The van der Waals surface area contributed by atoms with Crippen molar-refractivity contribution in [1.82, 2.24) is 10.2 Å². The maximum atomic E-state index is 13.0. The van der Waals surface area contributed by atoms with Crippen molar-refractivity contribution in [1.29, 1.82) is 0 Å². The molecule has 4 nitrogen and oxygen atoms in total. The van der Waals surface area contributed by atoms with Gasteiger partial charge in [0.05, 0.1) is 0 Å². The van der Waals surface area contributed by atoms with E-state index in [2.05, 4.69) is 19.2 Å². The Kier molecular flexibility index (Phi) is 4.36. The van der Waals surface area contributed by atoms with Crippen molar-refractivity contribution in [2.45, 2.75) is 78.9 Å². The number of rotatable bonds is 1. The molecular formula is C17H30N2O2. The first-order valence-corrected chi connectivity index (χ1v) is 8.27. The van der Waals surface area contributed by atoms with E-state index in [0.717, 1.165) is 12.8 Å². The van der Waals surface area contributed by atoms with Crippen LogP contribution < -0.4 is 5.32 Å². The van der Waals surface area contributed by atoms with E-state index in [9.17, 15) is 9.59 Å². The van der Waals surface area contributed by atoms with E-state index in [1.807, 2.05) is 32.6 Å². The number of carbonyl (C=O) groups is 2. The molecule has 0 aromatic rings. The molecule has 2 rings (SSSR count). The first-order valence-electron chi connectivity index (χ1n) is 8.27. The van der Waals surface area contributed by atoms with Gasteiger partial charge in [0.25, 0.3) is 0 Å². The predicted molar refractivity (Wildman–Crippen MR) is 83.7 cm³/mol. The Bertz CT molecular complexity index is 427. The minimum Gasteiger partial charge on any atom is -0.342 e. The van der Waals surface area contributed by atoms with Crippen LogP contribution in [0.25, 0.3) is 0 Å². The van der Waals surface area contributed by atoms with Crippen LogP contribution in [0, 0.1) is 17.3 Å². The van der Waals surface area contributed by atoms with Crippen LogP contribution >= 0.6 is 0 Å². The third-order valence-corrected chi connectivity index (χ3v) is 5.47. The average Bonchev–Trinajstić information content (AvgIpc) is 2.37. The van der Waals surface area contributed by atoms with Gasteiger partial charge < -0.3 is 10.2 Å².